The minimum atomic E-state index is -0.702. The molecule has 160 valence electrons. The Labute approximate surface area is 181 Å². The van der Waals surface area contributed by atoms with Gasteiger partial charge in [-0.15, -0.1) is 0 Å². The number of nitrogens with zero attached hydrogens (tertiary/aromatic N) is 2. The maximum Gasteiger partial charge on any atom is 0.225 e. The van der Waals surface area contributed by atoms with E-state index in [0.717, 1.165) is 18.7 Å². The molecule has 1 aromatic heterocycles. The highest BCUT2D eigenvalue weighted by molar-refractivity contribution is 6.34. The average molecular weight is 432 g/mol. The van der Waals surface area contributed by atoms with Crippen LogP contribution in [0.2, 0.25) is 5.02 Å². The van der Waals surface area contributed by atoms with E-state index in [9.17, 15) is 9.18 Å². The van der Waals surface area contributed by atoms with Crippen molar-refractivity contribution >= 4 is 17.5 Å². The molecule has 0 unspecified atom stereocenters. The molecule has 7 heteroatoms. The summed E-state index contributed by atoms with van der Waals surface area (Å²) in [6.07, 6.45) is 0.0321. The Morgan fingerprint density at radius 2 is 1.87 bits per heavy atom. The topological polar surface area (TPSA) is 68.5 Å². The number of nitrogens with two attached hydrogens (primary N) is 1. The first-order chi connectivity index (χ1) is 14.1. The fourth-order valence-corrected chi connectivity index (χ4v) is 4.61. The number of pyridine rings is 1. The summed E-state index contributed by atoms with van der Waals surface area (Å²) in [7, 11) is 0. The molecular weight excluding hydrogens is 405 g/mol. The second kappa shape index (κ2) is 7.50. The van der Waals surface area contributed by atoms with Gasteiger partial charge in [0.25, 0.3) is 0 Å². The Kier molecular flexibility index (Phi) is 5.27. The van der Waals surface area contributed by atoms with Gasteiger partial charge in [-0.05, 0) is 43.7 Å². The van der Waals surface area contributed by atoms with Crippen LogP contribution in [0, 0.1) is 23.6 Å². The zero-order valence-corrected chi connectivity index (χ0v) is 18.4. The van der Waals surface area contributed by atoms with E-state index in [1.807, 2.05) is 32.6 Å². The first kappa shape index (κ1) is 21.1. The van der Waals surface area contributed by atoms with Crippen molar-refractivity contribution in [3.63, 3.8) is 0 Å². The zero-order valence-electron chi connectivity index (χ0n) is 17.7. The van der Waals surface area contributed by atoms with Crippen LogP contribution < -0.4 is 10.5 Å². The second-order valence-corrected chi connectivity index (χ2v) is 9.59. The molecule has 1 amide bonds. The summed E-state index contributed by atoms with van der Waals surface area (Å²) in [5.41, 5.74) is 7.58. The van der Waals surface area contributed by atoms with Crippen LogP contribution in [0.4, 0.5) is 4.39 Å². The van der Waals surface area contributed by atoms with E-state index in [1.54, 1.807) is 18.2 Å². The lowest BCUT2D eigenvalue weighted by Gasteiger charge is -2.24. The van der Waals surface area contributed by atoms with Gasteiger partial charge in [-0.1, -0.05) is 25.4 Å². The number of rotatable bonds is 5. The highest BCUT2D eigenvalue weighted by Crippen LogP contribution is 2.48. The summed E-state index contributed by atoms with van der Waals surface area (Å²) in [5.74, 6) is 0.979. The van der Waals surface area contributed by atoms with E-state index in [-0.39, 0.29) is 23.7 Å². The summed E-state index contributed by atoms with van der Waals surface area (Å²) in [6, 6.07) is 7.82. The first-order valence-corrected chi connectivity index (χ1v) is 10.7. The molecule has 0 spiro atoms. The molecule has 1 aromatic carbocycles. The molecule has 2 aliphatic rings. The van der Waals surface area contributed by atoms with E-state index in [2.05, 4.69) is 4.98 Å². The van der Waals surface area contributed by atoms with Crippen LogP contribution in [0.15, 0.2) is 30.3 Å². The van der Waals surface area contributed by atoms with Crippen LogP contribution in [0.1, 0.15) is 33.3 Å². The lowest BCUT2D eigenvalue weighted by atomic mass is 9.94. The number of fused-ring (bicyclic) bond motifs is 1. The monoisotopic (exact) mass is 431 g/mol. The van der Waals surface area contributed by atoms with Gasteiger partial charge >= 0.3 is 0 Å². The molecule has 4 rings (SSSR count). The number of aromatic nitrogens is 1. The molecule has 1 saturated carbocycles. The van der Waals surface area contributed by atoms with Crippen molar-refractivity contribution in [2.75, 3.05) is 13.1 Å². The third-order valence-corrected chi connectivity index (χ3v) is 6.31. The quantitative estimate of drug-likeness (QED) is 0.769. The predicted molar refractivity (Wildman–Crippen MR) is 115 cm³/mol. The van der Waals surface area contributed by atoms with E-state index >= 15 is 0 Å². The number of piperidine rings is 1. The molecule has 30 heavy (non-hydrogen) atoms. The molecule has 0 radical (unpaired) electrons. The van der Waals surface area contributed by atoms with Crippen molar-refractivity contribution in [1.82, 2.24) is 9.88 Å². The SMILES string of the molecule is CC(C)C(=O)N1C[C@@H]2[C@H](C1)[C@H]2Oc1cc(C(C)(C)N)c(Cl)c(-c2ccc(F)cc2)n1. The maximum atomic E-state index is 13.4. The number of halogens is 2. The standard InChI is InChI=1S/C23H27ClFN3O2/c1-12(2)22(29)28-10-15-16(11-28)21(15)30-18-9-17(23(3,4)26)19(24)20(27-18)13-5-7-14(25)8-6-13/h5-9,12,15-16,21H,10-11,26H2,1-4H3/t15-,16+,21+. The normalized spacial score (nSPS) is 22.9. The molecule has 2 heterocycles. The predicted octanol–water partition coefficient (Wildman–Crippen LogP) is 4.23. The Bertz CT molecular complexity index is 960. The minimum Gasteiger partial charge on any atom is -0.474 e. The molecule has 3 atom stereocenters. The van der Waals surface area contributed by atoms with Gasteiger partial charge in [0.15, 0.2) is 0 Å². The van der Waals surface area contributed by atoms with Crippen molar-refractivity contribution in [3.05, 3.63) is 46.7 Å². The summed E-state index contributed by atoms with van der Waals surface area (Å²) in [4.78, 5) is 18.8. The molecule has 2 fully saturated rings. The van der Waals surface area contributed by atoms with E-state index in [1.165, 1.54) is 12.1 Å². The Morgan fingerprint density at radius 1 is 1.27 bits per heavy atom. The second-order valence-electron chi connectivity index (χ2n) is 9.21. The van der Waals surface area contributed by atoms with Gasteiger partial charge in [0.1, 0.15) is 11.9 Å². The number of amides is 1. The van der Waals surface area contributed by atoms with Gasteiger partial charge in [-0.3, -0.25) is 4.79 Å². The fourth-order valence-electron chi connectivity index (χ4n) is 4.17. The minimum absolute atomic E-state index is 0.00686. The highest BCUT2D eigenvalue weighted by Gasteiger charge is 2.59. The summed E-state index contributed by atoms with van der Waals surface area (Å²) in [6.45, 7) is 9.03. The molecular formula is C23H27ClFN3O2. The number of hydrogen-bond donors (Lipinski definition) is 1. The highest BCUT2D eigenvalue weighted by atomic mass is 35.5. The summed E-state index contributed by atoms with van der Waals surface area (Å²) >= 11 is 6.64. The van der Waals surface area contributed by atoms with Crippen molar-refractivity contribution in [2.45, 2.75) is 39.3 Å². The van der Waals surface area contributed by atoms with Gasteiger partial charge < -0.3 is 15.4 Å². The number of carbonyl (C=O) groups excluding carboxylic acids is 1. The third-order valence-electron chi connectivity index (χ3n) is 5.92. The zero-order chi connectivity index (χ0) is 21.8. The van der Waals surface area contributed by atoms with Crippen LogP contribution in [0.3, 0.4) is 0 Å². The molecule has 1 aliphatic heterocycles. The van der Waals surface area contributed by atoms with Gasteiger partial charge in [-0.25, -0.2) is 9.37 Å². The van der Waals surface area contributed by atoms with Crippen LogP contribution in [0.25, 0.3) is 11.3 Å². The smallest absolute Gasteiger partial charge is 0.225 e. The number of hydrogen-bond acceptors (Lipinski definition) is 4. The molecule has 1 saturated heterocycles. The third kappa shape index (κ3) is 3.91. The van der Waals surface area contributed by atoms with Crippen LogP contribution in [0.5, 0.6) is 5.88 Å². The average Bonchev–Trinajstić information content (AvgIpc) is 3.10. The molecule has 2 N–H and O–H groups in total. The molecule has 5 nitrogen and oxygen atoms in total. The Hall–Kier alpha value is -2.18. The number of benzene rings is 1. The fraction of sp³-hybridized carbons (Fsp3) is 0.478. The van der Waals surface area contributed by atoms with Gasteiger partial charge in [-0.2, -0.15) is 0 Å². The van der Waals surface area contributed by atoms with E-state index in [0.29, 0.717) is 34.0 Å². The van der Waals surface area contributed by atoms with Gasteiger partial charge in [0.2, 0.25) is 11.8 Å². The Balaban J connectivity index is 1.58. The van der Waals surface area contributed by atoms with Crippen molar-refractivity contribution in [2.24, 2.45) is 23.5 Å². The Morgan fingerprint density at radius 3 is 2.40 bits per heavy atom. The summed E-state index contributed by atoms with van der Waals surface area (Å²) < 4.78 is 19.6. The number of likely N-dealkylation sites (tertiary alicyclic amines) is 1. The van der Waals surface area contributed by atoms with Crippen molar-refractivity contribution < 1.29 is 13.9 Å². The maximum absolute atomic E-state index is 13.4. The van der Waals surface area contributed by atoms with E-state index < -0.39 is 5.54 Å². The number of carbonyl (C=O) groups is 1. The van der Waals surface area contributed by atoms with Crippen molar-refractivity contribution in [1.29, 1.82) is 0 Å². The molecule has 1 aliphatic carbocycles. The van der Waals surface area contributed by atoms with Crippen molar-refractivity contribution in [3.8, 4) is 17.1 Å². The lowest BCUT2D eigenvalue weighted by molar-refractivity contribution is -0.134. The van der Waals surface area contributed by atoms with Crippen LogP contribution in [-0.4, -0.2) is 35.0 Å². The molecule has 0 bridgehead atoms. The van der Waals surface area contributed by atoms with Crippen LogP contribution >= 0.6 is 11.6 Å². The lowest BCUT2D eigenvalue weighted by Crippen LogP contribution is -2.36. The van der Waals surface area contributed by atoms with Gasteiger partial charge in [0.05, 0.1) is 10.7 Å². The number of ether oxygens (including phenoxy) is 1. The van der Waals surface area contributed by atoms with Gasteiger partial charge in [0, 0.05) is 48.0 Å². The summed E-state index contributed by atoms with van der Waals surface area (Å²) in [5, 5.41) is 0.436. The van der Waals surface area contributed by atoms with Crippen LogP contribution in [-0.2, 0) is 10.3 Å². The molecule has 2 aromatic rings. The van der Waals surface area contributed by atoms with E-state index in [4.69, 9.17) is 22.1 Å². The largest absolute Gasteiger partial charge is 0.474 e. The first-order valence-electron chi connectivity index (χ1n) is 10.3.